The fraction of sp³-hybridized carbons (Fsp3) is 0.471. The van der Waals surface area contributed by atoms with E-state index in [-0.39, 0.29) is 16.4 Å². The summed E-state index contributed by atoms with van der Waals surface area (Å²) in [6, 6.07) is 15.2. The van der Waals surface area contributed by atoms with Gasteiger partial charge in [0.15, 0.2) is 8.32 Å². The highest BCUT2D eigenvalue weighted by Gasteiger charge is 2.42. The third-order valence-electron chi connectivity index (χ3n) is 9.39. The van der Waals surface area contributed by atoms with Crippen molar-refractivity contribution in [3.05, 3.63) is 59.3 Å². The zero-order valence-corrected chi connectivity index (χ0v) is 28.2. The first-order valence-corrected chi connectivity index (χ1v) is 18.2. The van der Waals surface area contributed by atoms with E-state index in [4.69, 9.17) is 14.1 Å². The number of piperidine rings is 1. The topological polar surface area (TPSA) is 119 Å². The number of fused-ring (bicyclic) bond motifs is 1. The van der Waals surface area contributed by atoms with Crippen LogP contribution in [0.3, 0.4) is 0 Å². The zero-order chi connectivity index (χ0) is 32.6. The number of anilines is 3. The SMILES string of the molecule is CN1CCC(Oc2ccc(C#N)cc2Nc2nccc(-c3cc(C#N)c4c(c3)[C@@](C)(CO[Si](C)(C)C(C)(C)C)CN4)n2)C(F)C1. The van der Waals surface area contributed by atoms with Crippen LogP contribution in [0.2, 0.25) is 18.1 Å². The molecule has 2 aromatic carbocycles. The number of rotatable bonds is 8. The van der Waals surface area contributed by atoms with Crippen molar-refractivity contribution >= 4 is 25.6 Å². The highest BCUT2D eigenvalue weighted by molar-refractivity contribution is 6.74. The average Bonchev–Trinajstić information content (AvgIpc) is 3.34. The highest BCUT2D eigenvalue weighted by Crippen LogP contribution is 2.44. The minimum absolute atomic E-state index is 0.0839. The van der Waals surface area contributed by atoms with Crippen molar-refractivity contribution in [3.63, 3.8) is 0 Å². The Morgan fingerprint density at radius 3 is 2.64 bits per heavy atom. The Kier molecular flexibility index (Phi) is 8.92. The van der Waals surface area contributed by atoms with Crippen molar-refractivity contribution in [2.24, 2.45) is 0 Å². The molecular formula is C34H42FN7O2Si. The van der Waals surface area contributed by atoms with E-state index in [1.165, 1.54) is 0 Å². The molecule has 3 aromatic rings. The number of nitriles is 2. The molecule has 11 heteroatoms. The number of benzene rings is 2. The monoisotopic (exact) mass is 627 g/mol. The van der Waals surface area contributed by atoms with Crippen LogP contribution >= 0.6 is 0 Å². The quantitative estimate of drug-likeness (QED) is 0.261. The smallest absolute Gasteiger partial charge is 0.227 e. The Bertz CT molecular complexity index is 1660. The van der Waals surface area contributed by atoms with Crippen molar-refractivity contribution in [1.82, 2.24) is 14.9 Å². The molecule has 0 radical (unpaired) electrons. The molecule has 236 valence electrons. The standard InChI is InChI=1S/C34H42FN7O2Si/c1-33(2,3)45(6,7)43-21-34(4)20-39-31-24(18-37)15-23(16-25(31)34)27-10-12-38-32(40-27)41-28-14-22(17-36)8-9-30(28)44-29-11-13-42(5)19-26(29)35/h8-10,12,14-16,26,29,39H,11,13,19-21H2,1-7H3,(H,38,40,41)/t26?,29?,34-/m1/s1. The number of ether oxygens (including phenoxy) is 1. The maximum absolute atomic E-state index is 14.8. The highest BCUT2D eigenvalue weighted by atomic mass is 28.4. The van der Waals surface area contributed by atoms with Crippen molar-refractivity contribution in [3.8, 4) is 29.1 Å². The van der Waals surface area contributed by atoms with E-state index in [1.807, 2.05) is 18.0 Å². The van der Waals surface area contributed by atoms with E-state index in [0.717, 1.165) is 23.4 Å². The fourth-order valence-electron chi connectivity index (χ4n) is 5.44. The third kappa shape index (κ3) is 6.81. The Labute approximate surface area is 266 Å². The molecule has 0 amide bonds. The first-order chi connectivity index (χ1) is 21.2. The summed E-state index contributed by atoms with van der Waals surface area (Å²) in [5, 5.41) is 26.4. The van der Waals surface area contributed by atoms with Crippen molar-refractivity contribution in [1.29, 1.82) is 10.5 Å². The number of hydrogen-bond acceptors (Lipinski definition) is 9. The van der Waals surface area contributed by atoms with Gasteiger partial charge < -0.3 is 24.7 Å². The van der Waals surface area contributed by atoms with Gasteiger partial charge in [0.25, 0.3) is 0 Å². The van der Waals surface area contributed by atoms with Crippen LogP contribution in [0, 0.1) is 22.7 Å². The van der Waals surface area contributed by atoms with Crippen LogP contribution in [0.15, 0.2) is 42.6 Å². The Balaban J connectivity index is 1.44. The molecule has 45 heavy (non-hydrogen) atoms. The Hall–Kier alpha value is -4.03. The molecular weight excluding hydrogens is 586 g/mol. The molecule has 1 saturated heterocycles. The lowest BCUT2D eigenvalue weighted by molar-refractivity contribution is 0.0318. The fourth-order valence-corrected chi connectivity index (χ4v) is 6.55. The number of aromatic nitrogens is 2. The molecule has 3 heterocycles. The lowest BCUT2D eigenvalue weighted by Crippen LogP contribution is -2.45. The summed E-state index contributed by atoms with van der Waals surface area (Å²) >= 11 is 0. The summed E-state index contributed by atoms with van der Waals surface area (Å²) < 4.78 is 27.6. The predicted molar refractivity (Wildman–Crippen MR) is 177 cm³/mol. The van der Waals surface area contributed by atoms with Crippen molar-refractivity contribution < 1.29 is 13.6 Å². The number of halogens is 1. The number of hydrogen-bond donors (Lipinski definition) is 2. The van der Waals surface area contributed by atoms with E-state index < -0.39 is 20.6 Å². The maximum atomic E-state index is 14.8. The van der Waals surface area contributed by atoms with Gasteiger partial charge in [-0.05, 0) is 73.6 Å². The van der Waals surface area contributed by atoms with Gasteiger partial charge in [0.1, 0.15) is 24.1 Å². The number of likely N-dealkylation sites (tertiary alicyclic amines) is 1. The number of nitrogens with one attached hydrogen (secondary N) is 2. The summed E-state index contributed by atoms with van der Waals surface area (Å²) in [6.45, 7) is 15.6. The summed E-state index contributed by atoms with van der Waals surface area (Å²) in [6.07, 6.45) is 0.470. The largest absolute Gasteiger partial charge is 0.485 e. The van der Waals surface area contributed by atoms with Crippen LogP contribution in [0.5, 0.6) is 5.75 Å². The first-order valence-electron chi connectivity index (χ1n) is 15.3. The van der Waals surface area contributed by atoms with Crippen molar-refractivity contribution in [2.75, 3.05) is 43.9 Å². The molecule has 0 bridgehead atoms. The summed E-state index contributed by atoms with van der Waals surface area (Å²) in [5.74, 6) is 0.710. The van der Waals surface area contributed by atoms with E-state index in [9.17, 15) is 14.9 Å². The second kappa shape index (κ2) is 12.4. The maximum Gasteiger partial charge on any atom is 0.227 e. The Morgan fingerprint density at radius 2 is 1.96 bits per heavy atom. The lowest BCUT2D eigenvalue weighted by Gasteiger charge is -2.39. The van der Waals surface area contributed by atoms with Crippen LogP contribution in [-0.4, -0.2) is 68.7 Å². The Morgan fingerprint density at radius 1 is 1.18 bits per heavy atom. The van der Waals surface area contributed by atoms with Crippen LogP contribution < -0.4 is 15.4 Å². The minimum Gasteiger partial charge on any atom is -0.485 e. The predicted octanol–water partition coefficient (Wildman–Crippen LogP) is 6.76. The van der Waals surface area contributed by atoms with E-state index in [0.29, 0.717) is 54.4 Å². The lowest BCUT2D eigenvalue weighted by atomic mass is 9.83. The normalized spacial score (nSPS) is 21.7. The van der Waals surface area contributed by atoms with Gasteiger partial charge >= 0.3 is 0 Å². The molecule has 0 saturated carbocycles. The van der Waals surface area contributed by atoms with Gasteiger partial charge in [-0.2, -0.15) is 10.5 Å². The average molecular weight is 628 g/mol. The summed E-state index contributed by atoms with van der Waals surface area (Å²) in [5.41, 5.74) is 4.39. The van der Waals surface area contributed by atoms with Crippen LogP contribution in [0.1, 0.15) is 50.8 Å². The van der Waals surface area contributed by atoms with E-state index >= 15 is 0 Å². The molecule has 1 fully saturated rings. The van der Waals surface area contributed by atoms with Gasteiger partial charge in [-0.15, -0.1) is 0 Å². The summed E-state index contributed by atoms with van der Waals surface area (Å²) in [4.78, 5) is 11.1. The van der Waals surface area contributed by atoms with Crippen LogP contribution in [0.4, 0.5) is 21.7 Å². The molecule has 9 nitrogen and oxygen atoms in total. The van der Waals surface area contributed by atoms with E-state index in [2.05, 4.69) is 74.6 Å². The molecule has 5 rings (SSSR count). The van der Waals surface area contributed by atoms with Gasteiger partial charge in [0.05, 0.1) is 34.3 Å². The van der Waals surface area contributed by atoms with Crippen LogP contribution in [-0.2, 0) is 9.84 Å². The molecule has 2 aliphatic rings. The molecule has 3 atom stereocenters. The molecule has 0 aliphatic carbocycles. The third-order valence-corrected chi connectivity index (χ3v) is 13.9. The first kappa shape index (κ1) is 32.4. The van der Waals surface area contributed by atoms with Gasteiger partial charge in [-0.3, -0.25) is 0 Å². The van der Waals surface area contributed by atoms with Gasteiger partial charge in [-0.1, -0.05) is 27.7 Å². The molecule has 2 N–H and O–H groups in total. The van der Waals surface area contributed by atoms with Crippen molar-refractivity contribution in [2.45, 2.75) is 69.9 Å². The van der Waals surface area contributed by atoms with Crippen LogP contribution in [0.25, 0.3) is 11.3 Å². The molecule has 0 spiro atoms. The number of nitrogens with zero attached hydrogens (tertiary/aromatic N) is 5. The molecule has 1 aromatic heterocycles. The van der Waals surface area contributed by atoms with Gasteiger partial charge in [-0.25, -0.2) is 14.4 Å². The second-order valence-corrected chi connectivity index (χ2v) is 18.8. The zero-order valence-electron chi connectivity index (χ0n) is 27.2. The van der Waals surface area contributed by atoms with E-state index in [1.54, 1.807) is 30.5 Å². The molecule has 2 aliphatic heterocycles. The second-order valence-electron chi connectivity index (χ2n) is 14.0. The molecule has 2 unspecified atom stereocenters. The number of alkyl halides is 1. The summed E-state index contributed by atoms with van der Waals surface area (Å²) in [7, 11) is -0.101. The van der Waals surface area contributed by atoms with Gasteiger partial charge in [0.2, 0.25) is 5.95 Å². The minimum atomic E-state index is -1.99. The van der Waals surface area contributed by atoms with Gasteiger partial charge in [0, 0.05) is 43.4 Å².